The van der Waals surface area contributed by atoms with Gasteiger partial charge in [0.15, 0.2) is 0 Å². The number of hydrogen-bond acceptors (Lipinski definition) is 8. The van der Waals surface area contributed by atoms with Crippen LogP contribution in [0.25, 0.3) is 5.57 Å². The number of piperazine rings is 1. The second-order valence-corrected chi connectivity index (χ2v) is 13.0. The first kappa shape index (κ1) is 29.5. The highest BCUT2D eigenvalue weighted by Crippen LogP contribution is 2.54. The van der Waals surface area contributed by atoms with Crippen LogP contribution in [-0.2, 0) is 9.53 Å². The molecule has 234 valence electrons. The van der Waals surface area contributed by atoms with Crippen LogP contribution in [-0.4, -0.2) is 96.1 Å². The van der Waals surface area contributed by atoms with E-state index in [0.717, 1.165) is 48.3 Å². The predicted molar refractivity (Wildman–Crippen MR) is 167 cm³/mol. The second-order valence-electron chi connectivity index (χ2n) is 13.0. The predicted octanol–water partition coefficient (Wildman–Crippen LogP) is 3.32. The highest BCUT2D eigenvalue weighted by molar-refractivity contribution is 5.92. The van der Waals surface area contributed by atoms with E-state index in [-0.39, 0.29) is 29.6 Å². The summed E-state index contributed by atoms with van der Waals surface area (Å²) in [5, 5.41) is 3.07. The number of carbonyl (C=O) groups is 2. The first-order valence-corrected chi connectivity index (χ1v) is 15.7. The summed E-state index contributed by atoms with van der Waals surface area (Å²) in [6.07, 6.45) is 4.94. The fourth-order valence-electron chi connectivity index (χ4n) is 7.09. The highest BCUT2D eigenvalue weighted by atomic mass is 19.1. The van der Waals surface area contributed by atoms with Crippen molar-refractivity contribution in [2.75, 3.05) is 64.4 Å². The molecule has 4 aliphatic rings. The number of amides is 2. The molecular formula is C34H38FN7O3. The molecule has 1 N–H and O–H groups in total. The Kier molecular flexibility index (Phi) is 7.83. The van der Waals surface area contributed by atoms with Crippen LogP contribution in [0.2, 0.25) is 0 Å². The van der Waals surface area contributed by atoms with Gasteiger partial charge in [0.2, 0.25) is 11.9 Å². The molecule has 10 nitrogen and oxygen atoms in total. The van der Waals surface area contributed by atoms with Gasteiger partial charge < -0.3 is 24.8 Å². The minimum Gasteiger partial charge on any atom is -0.380 e. The molecule has 1 spiro atoms. The van der Waals surface area contributed by atoms with Crippen molar-refractivity contribution >= 4 is 23.3 Å². The zero-order chi connectivity index (χ0) is 31.1. The smallest absolute Gasteiger partial charge is 0.270 e. The quantitative estimate of drug-likeness (QED) is 0.434. The van der Waals surface area contributed by atoms with E-state index in [1.165, 1.54) is 17.8 Å². The van der Waals surface area contributed by atoms with Crippen LogP contribution >= 0.6 is 0 Å². The van der Waals surface area contributed by atoms with Gasteiger partial charge in [-0.15, -0.1) is 0 Å². The number of benzene rings is 1. The molecule has 2 aromatic heterocycles. The molecule has 0 radical (unpaired) electrons. The van der Waals surface area contributed by atoms with E-state index >= 15 is 0 Å². The summed E-state index contributed by atoms with van der Waals surface area (Å²) in [5.74, 6) is -0.0138. The molecule has 7 rings (SSSR count). The molecular weight excluding hydrogens is 573 g/mol. The summed E-state index contributed by atoms with van der Waals surface area (Å²) < 4.78 is 18.9. The maximum absolute atomic E-state index is 13.7. The number of carbonyl (C=O) groups excluding carboxylic acids is 2. The summed E-state index contributed by atoms with van der Waals surface area (Å²) in [6, 6.07) is 12.8. The lowest BCUT2D eigenvalue weighted by Gasteiger charge is -2.56. The van der Waals surface area contributed by atoms with E-state index in [1.807, 2.05) is 28.9 Å². The number of nitrogens with zero attached hydrogens (tertiary/aromatic N) is 6. The molecule has 1 aromatic carbocycles. The van der Waals surface area contributed by atoms with Crippen LogP contribution < -0.4 is 10.2 Å². The number of allylic oxidation sites excluding steroid dienone is 1. The second kappa shape index (κ2) is 11.9. The van der Waals surface area contributed by atoms with Crippen LogP contribution in [0.15, 0.2) is 60.4 Å². The largest absolute Gasteiger partial charge is 0.380 e. The number of rotatable bonds is 7. The Bertz CT molecular complexity index is 1600. The summed E-state index contributed by atoms with van der Waals surface area (Å²) in [6.45, 7) is 7.58. The number of halogens is 1. The minimum absolute atomic E-state index is 0.0198. The number of nitrogens with one attached hydrogen (secondary N) is 1. The van der Waals surface area contributed by atoms with Gasteiger partial charge in [0.25, 0.3) is 5.91 Å². The van der Waals surface area contributed by atoms with E-state index in [2.05, 4.69) is 44.3 Å². The number of likely N-dealkylation sites (tertiary alicyclic amines) is 1. The van der Waals surface area contributed by atoms with Crippen molar-refractivity contribution in [3.63, 3.8) is 0 Å². The molecule has 3 saturated heterocycles. The Morgan fingerprint density at radius 3 is 2.33 bits per heavy atom. The lowest BCUT2D eigenvalue weighted by Crippen LogP contribution is -2.58. The van der Waals surface area contributed by atoms with Gasteiger partial charge in [-0.2, -0.15) is 0 Å². The van der Waals surface area contributed by atoms with E-state index in [1.54, 1.807) is 18.3 Å². The van der Waals surface area contributed by atoms with Crippen LogP contribution in [0.1, 0.15) is 53.1 Å². The molecule has 4 fully saturated rings. The monoisotopic (exact) mass is 611 g/mol. The third-order valence-corrected chi connectivity index (χ3v) is 9.51. The maximum Gasteiger partial charge on any atom is 0.270 e. The van der Waals surface area contributed by atoms with Crippen molar-refractivity contribution in [1.82, 2.24) is 30.1 Å². The molecule has 3 aliphatic heterocycles. The fourth-order valence-corrected chi connectivity index (χ4v) is 7.09. The Morgan fingerprint density at radius 2 is 1.71 bits per heavy atom. The van der Waals surface area contributed by atoms with Gasteiger partial charge in [-0.05, 0) is 56.1 Å². The Labute approximate surface area is 262 Å². The van der Waals surface area contributed by atoms with Crippen molar-refractivity contribution in [1.29, 1.82) is 0 Å². The topological polar surface area (TPSA) is 104 Å². The summed E-state index contributed by atoms with van der Waals surface area (Å²) in [4.78, 5) is 45.4. The first-order valence-electron chi connectivity index (χ1n) is 15.7. The number of aromatic nitrogens is 3. The van der Waals surface area contributed by atoms with Gasteiger partial charge in [0, 0.05) is 56.5 Å². The molecule has 1 aliphatic carbocycles. The van der Waals surface area contributed by atoms with Crippen molar-refractivity contribution in [2.24, 2.45) is 11.3 Å². The Morgan fingerprint density at radius 1 is 0.978 bits per heavy atom. The molecule has 2 amide bonds. The Balaban J connectivity index is 1.00. The van der Waals surface area contributed by atoms with E-state index in [4.69, 9.17) is 4.74 Å². The van der Waals surface area contributed by atoms with Gasteiger partial charge in [0.05, 0.1) is 37.1 Å². The summed E-state index contributed by atoms with van der Waals surface area (Å²) in [5.41, 5.74) is 5.88. The van der Waals surface area contributed by atoms with Gasteiger partial charge in [-0.25, -0.2) is 14.4 Å². The molecule has 11 heteroatoms. The molecule has 45 heavy (non-hydrogen) atoms. The van der Waals surface area contributed by atoms with Crippen molar-refractivity contribution in [2.45, 2.75) is 25.8 Å². The lowest BCUT2D eigenvalue weighted by atomic mass is 9.59. The molecule has 0 unspecified atom stereocenters. The average Bonchev–Trinajstić information content (AvgIpc) is 2.99. The lowest BCUT2D eigenvalue weighted by molar-refractivity contribution is -0.150. The van der Waals surface area contributed by atoms with Gasteiger partial charge in [0.1, 0.15) is 11.5 Å². The zero-order valence-corrected chi connectivity index (χ0v) is 25.7. The molecule has 1 saturated carbocycles. The summed E-state index contributed by atoms with van der Waals surface area (Å²) >= 11 is 0. The van der Waals surface area contributed by atoms with Crippen LogP contribution in [0.4, 0.5) is 10.3 Å². The third kappa shape index (κ3) is 5.94. The molecule has 0 bridgehead atoms. The standard InChI is InChI=1S/C34H38FN7O3/c1-22(38-31(43)29-9-10-36-33(39-29)42-13-11-41(12-14-42)32(44)26-18-45-19-26)23-3-5-24(6-4-23)30(28-8-7-27(35)17-37-28)25-15-34(16-25)20-40(2)21-34/h3-10,17,22,26H,11-16,18-21H2,1-2H3,(H,38,43)/t22-/m1/s1. The SMILES string of the molecule is C[C@@H](NC(=O)c1ccnc(N2CCN(C(=O)C3COC3)CC2)n1)c1ccc(C(=C2CC3(C2)CN(C)C3)c2ccc(F)cn2)cc1. The third-order valence-electron chi connectivity index (χ3n) is 9.51. The van der Waals surface area contributed by atoms with Crippen molar-refractivity contribution < 1.29 is 18.7 Å². The van der Waals surface area contributed by atoms with Crippen molar-refractivity contribution in [3.05, 3.63) is 88.8 Å². The first-order chi connectivity index (χ1) is 21.8. The van der Waals surface area contributed by atoms with Gasteiger partial charge in [-0.3, -0.25) is 14.6 Å². The molecule has 1 atom stereocenters. The zero-order valence-electron chi connectivity index (χ0n) is 25.7. The normalized spacial score (nSPS) is 20.2. The molecule has 3 aromatic rings. The fraction of sp³-hybridized carbons (Fsp3) is 0.441. The number of hydrogen-bond donors (Lipinski definition) is 1. The van der Waals surface area contributed by atoms with Crippen LogP contribution in [0, 0.1) is 17.2 Å². The van der Waals surface area contributed by atoms with Gasteiger partial charge >= 0.3 is 0 Å². The summed E-state index contributed by atoms with van der Waals surface area (Å²) in [7, 11) is 2.15. The van der Waals surface area contributed by atoms with E-state index in [9.17, 15) is 14.0 Å². The van der Waals surface area contributed by atoms with E-state index in [0.29, 0.717) is 56.5 Å². The van der Waals surface area contributed by atoms with E-state index < -0.39 is 0 Å². The number of ether oxygens (including phenoxy) is 1. The minimum atomic E-state index is -0.348. The van der Waals surface area contributed by atoms with Crippen LogP contribution in [0.3, 0.4) is 0 Å². The Hall–Kier alpha value is -4.22. The average molecular weight is 612 g/mol. The number of pyridine rings is 1. The van der Waals surface area contributed by atoms with Crippen LogP contribution in [0.5, 0.6) is 0 Å². The number of anilines is 1. The van der Waals surface area contributed by atoms with Gasteiger partial charge in [-0.1, -0.05) is 29.8 Å². The maximum atomic E-state index is 13.7. The van der Waals surface area contributed by atoms with Crippen molar-refractivity contribution in [3.8, 4) is 0 Å². The highest BCUT2D eigenvalue weighted by Gasteiger charge is 2.49. The molecule has 5 heterocycles.